The molecule has 1 aliphatic rings. The number of aliphatic carboxylic acids is 1. The number of carbonyl (C=O) groups is 1. The molecule has 3 rings (SSSR count). The van der Waals surface area contributed by atoms with Gasteiger partial charge in [-0.25, -0.2) is 9.97 Å². The fourth-order valence-electron chi connectivity index (χ4n) is 2.58. The van der Waals surface area contributed by atoms with Gasteiger partial charge in [0.25, 0.3) is 0 Å². The van der Waals surface area contributed by atoms with E-state index < -0.39 is 5.97 Å². The lowest BCUT2D eigenvalue weighted by molar-refractivity contribution is -0.143. The molecule has 1 N–H and O–H groups in total. The van der Waals surface area contributed by atoms with E-state index in [2.05, 4.69) is 14.9 Å². The molecule has 0 bridgehead atoms. The van der Waals surface area contributed by atoms with Gasteiger partial charge in [0.05, 0.1) is 22.6 Å². The molecule has 0 aliphatic carbocycles. The molecule has 1 aromatic carbocycles. The van der Waals surface area contributed by atoms with E-state index in [4.69, 9.17) is 5.11 Å². The molecule has 1 atom stereocenters. The first kappa shape index (κ1) is 12.8. The third-order valence-corrected chi connectivity index (χ3v) is 4.03. The van der Waals surface area contributed by atoms with Crippen LogP contribution in [0.15, 0.2) is 24.3 Å². The van der Waals surface area contributed by atoms with Gasteiger partial charge in [0, 0.05) is 19.0 Å². The molecular weight excluding hydrogens is 254 g/mol. The largest absolute Gasteiger partial charge is 0.481 e. The third kappa shape index (κ3) is 2.09. The minimum Gasteiger partial charge on any atom is -0.481 e. The second-order valence-electron chi connectivity index (χ2n) is 5.41. The Labute approximate surface area is 117 Å². The summed E-state index contributed by atoms with van der Waals surface area (Å²) in [6.07, 6.45) is 0. The number of nitrogens with zero attached hydrogens (tertiary/aromatic N) is 3. The van der Waals surface area contributed by atoms with Gasteiger partial charge >= 0.3 is 5.97 Å². The monoisotopic (exact) mass is 271 g/mol. The molecule has 20 heavy (non-hydrogen) atoms. The summed E-state index contributed by atoms with van der Waals surface area (Å²) in [4.78, 5) is 22.3. The van der Waals surface area contributed by atoms with Gasteiger partial charge < -0.3 is 10.0 Å². The van der Waals surface area contributed by atoms with Gasteiger partial charge in [0.2, 0.25) is 0 Å². The molecule has 1 fully saturated rings. The zero-order chi connectivity index (χ0) is 14.3. The van der Waals surface area contributed by atoms with Crippen molar-refractivity contribution in [1.82, 2.24) is 9.97 Å². The summed E-state index contributed by atoms with van der Waals surface area (Å²) in [6, 6.07) is 7.79. The summed E-state index contributed by atoms with van der Waals surface area (Å²) < 4.78 is 0. The Morgan fingerprint density at radius 1 is 1.30 bits per heavy atom. The number of aryl methyl sites for hydroxylation is 1. The van der Waals surface area contributed by atoms with Crippen LogP contribution in [0.1, 0.15) is 12.6 Å². The Morgan fingerprint density at radius 3 is 2.50 bits per heavy atom. The number of anilines is 1. The van der Waals surface area contributed by atoms with Crippen molar-refractivity contribution in [1.29, 1.82) is 0 Å². The molecule has 2 heterocycles. The molecule has 2 aromatic rings. The van der Waals surface area contributed by atoms with Crippen LogP contribution < -0.4 is 4.90 Å². The minimum absolute atomic E-state index is 0.195. The molecule has 1 saturated heterocycles. The highest BCUT2D eigenvalue weighted by Crippen LogP contribution is 2.30. The number of carboxylic acid groups (broad SMARTS) is 1. The van der Waals surface area contributed by atoms with E-state index in [0.717, 1.165) is 35.6 Å². The van der Waals surface area contributed by atoms with E-state index in [1.807, 2.05) is 31.2 Å². The first-order valence-electron chi connectivity index (χ1n) is 6.77. The Balaban J connectivity index is 1.82. The molecule has 1 aromatic heterocycles. The van der Waals surface area contributed by atoms with Crippen LogP contribution in [0.3, 0.4) is 0 Å². The van der Waals surface area contributed by atoms with Gasteiger partial charge in [-0.1, -0.05) is 19.1 Å². The highest BCUT2D eigenvalue weighted by molar-refractivity contribution is 5.76. The van der Waals surface area contributed by atoms with Gasteiger partial charge in [-0.2, -0.15) is 0 Å². The lowest BCUT2D eigenvalue weighted by Crippen LogP contribution is -2.51. The molecular formula is C15H17N3O2. The molecule has 0 radical (unpaired) electrons. The molecule has 0 amide bonds. The van der Waals surface area contributed by atoms with Crippen LogP contribution in [0.5, 0.6) is 0 Å². The number of rotatable bonds is 3. The van der Waals surface area contributed by atoms with Crippen LogP contribution in [-0.2, 0) is 4.79 Å². The number of fused-ring (bicyclic) bond motifs is 1. The topological polar surface area (TPSA) is 66.3 Å². The second-order valence-corrected chi connectivity index (χ2v) is 5.41. The first-order valence-corrected chi connectivity index (χ1v) is 6.77. The van der Waals surface area contributed by atoms with Crippen molar-refractivity contribution in [3.63, 3.8) is 0 Å². The summed E-state index contributed by atoms with van der Waals surface area (Å²) in [5, 5.41) is 9.02. The van der Waals surface area contributed by atoms with Crippen LogP contribution in [-0.4, -0.2) is 34.1 Å². The van der Waals surface area contributed by atoms with Crippen molar-refractivity contribution in [2.75, 3.05) is 18.0 Å². The fraction of sp³-hybridized carbons (Fsp3) is 0.400. The van der Waals surface area contributed by atoms with Crippen molar-refractivity contribution >= 4 is 22.8 Å². The summed E-state index contributed by atoms with van der Waals surface area (Å²) >= 11 is 0. The fourth-order valence-corrected chi connectivity index (χ4v) is 2.58. The van der Waals surface area contributed by atoms with Gasteiger partial charge in [0.15, 0.2) is 5.82 Å². The van der Waals surface area contributed by atoms with Crippen LogP contribution in [0.25, 0.3) is 11.0 Å². The van der Waals surface area contributed by atoms with Gasteiger partial charge in [-0.15, -0.1) is 0 Å². The average molecular weight is 271 g/mol. The molecule has 104 valence electrons. The van der Waals surface area contributed by atoms with Crippen LogP contribution >= 0.6 is 0 Å². The number of carboxylic acids is 1. The SMILES string of the molecule is Cc1nc2ccccc2nc1N1CC(C(C)C(=O)O)C1. The normalized spacial score (nSPS) is 17.0. The van der Waals surface area contributed by atoms with E-state index in [0.29, 0.717) is 0 Å². The maximum absolute atomic E-state index is 11.0. The first-order chi connectivity index (χ1) is 9.56. The summed E-state index contributed by atoms with van der Waals surface area (Å²) in [5.41, 5.74) is 2.66. The Bertz CT molecular complexity index is 665. The average Bonchev–Trinajstić information content (AvgIpc) is 2.37. The van der Waals surface area contributed by atoms with E-state index in [9.17, 15) is 4.79 Å². The number of benzene rings is 1. The van der Waals surface area contributed by atoms with E-state index in [-0.39, 0.29) is 11.8 Å². The zero-order valence-electron chi connectivity index (χ0n) is 11.6. The zero-order valence-corrected chi connectivity index (χ0v) is 11.6. The summed E-state index contributed by atoms with van der Waals surface area (Å²) in [6.45, 7) is 5.19. The second kappa shape index (κ2) is 4.74. The Hall–Kier alpha value is -2.17. The number of hydrogen-bond acceptors (Lipinski definition) is 4. The van der Waals surface area contributed by atoms with Crippen molar-refractivity contribution in [3.8, 4) is 0 Å². The van der Waals surface area contributed by atoms with Crippen molar-refractivity contribution < 1.29 is 9.90 Å². The van der Waals surface area contributed by atoms with Crippen LogP contribution in [0.2, 0.25) is 0 Å². The van der Waals surface area contributed by atoms with Crippen molar-refractivity contribution in [2.24, 2.45) is 11.8 Å². The van der Waals surface area contributed by atoms with Crippen LogP contribution in [0, 0.1) is 18.8 Å². The molecule has 5 nitrogen and oxygen atoms in total. The highest BCUT2D eigenvalue weighted by atomic mass is 16.4. The molecule has 5 heteroatoms. The van der Waals surface area contributed by atoms with Crippen molar-refractivity contribution in [2.45, 2.75) is 13.8 Å². The lowest BCUT2D eigenvalue weighted by atomic mass is 9.87. The number of hydrogen-bond donors (Lipinski definition) is 1. The molecule has 1 aliphatic heterocycles. The molecule has 0 spiro atoms. The van der Waals surface area contributed by atoms with Crippen LogP contribution in [0.4, 0.5) is 5.82 Å². The number of para-hydroxylation sites is 2. The maximum Gasteiger partial charge on any atom is 0.306 e. The third-order valence-electron chi connectivity index (χ3n) is 4.03. The van der Waals surface area contributed by atoms with E-state index >= 15 is 0 Å². The van der Waals surface area contributed by atoms with E-state index in [1.165, 1.54) is 0 Å². The number of aromatic nitrogens is 2. The predicted molar refractivity (Wildman–Crippen MR) is 76.8 cm³/mol. The lowest BCUT2D eigenvalue weighted by Gasteiger charge is -2.42. The van der Waals surface area contributed by atoms with Gasteiger partial charge in [0.1, 0.15) is 0 Å². The summed E-state index contributed by atoms with van der Waals surface area (Å²) in [7, 11) is 0. The predicted octanol–water partition coefficient (Wildman–Crippen LogP) is 2.10. The smallest absolute Gasteiger partial charge is 0.306 e. The highest BCUT2D eigenvalue weighted by Gasteiger charge is 2.36. The van der Waals surface area contributed by atoms with Gasteiger partial charge in [-0.05, 0) is 19.1 Å². The van der Waals surface area contributed by atoms with Crippen molar-refractivity contribution in [3.05, 3.63) is 30.0 Å². The standard InChI is InChI=1S/C15H17N3O2/c1-9(15(19)20)11-7-18(8-11)14-10(2)16-12-5-3-4-6-13(12)17-14/h3-6,9,11H,7-8H2,1-2H3,(H,19,20). The quantitative estimate of drug-likeness (QED) is 0.926. The summed E-state index contributed by atoms with van der Waals surface area (Å²) in [5.74, 6) is 0.0358. The Kier molecular flexibility index (Phi) is 3.04. The van der Waals surface area contributed by atoms with E-state index in [1.54, 1.807) is 6.92 Å². The maximum atomic E-state index is 11.0. The molecule has 0 saturated carbocycles. The van der Waals surface area contributed by atoms with Gasteiger partial charge in [-0.3, -0.25) is 4.79 Å². The Morgan fingerprint density at radius 2 is 1.90 bits per heavy atom. The minimum atomic E-state index is -0.726. The molecule has 1 unspecified atom stereocenters.